The van der Waals surface area contributed by atoms with E-state index in [1.54, 1.807) is 12.4 Å². The van der Waals surface area contributed by atoms with Crippen LogP contribution in [0.1, 0.15) is 48.9 Å². The van der Waals surface area contributed by atoms with Gasteiger partial charge in [-0.1, -0.05) is 25.3 Å². The lowest BCUT2D eigenvalue weighted by Gasteiger charge is -2.29. The molecule has 144 valence electrons. The predicted molar refractivity (Wildman–Crippen MR) is 101 cm³/mol. The SMILES string of the molecule is Fc1cc(C2=CCc3nc(NCC4(F)CCCCC4)ncc32)cn2ncnc12. The second-order valence-electron chi connectivity index (χ2n) is 7.55. The molecule has 0 atom stereocenters. The fourth-order valence-corrected chi connectivity index (χ4v) is 4.10. The molecule has 0 amide bonds. The van der Waals surface area contributed by atoms with Crippen LogP contribution in [0.4, 0.5) is 14.7 Å². The van der Waals surface area contributed by atoms with Crippen molar-refractivity contribution in [3.05, 3.63) is 53.5 Å². The zero-order valence-corrected chi connectivity index (χ0v) is 15.3. The zero-order valence-electron chi connectivity index (χ0n) is 15.3. The number of hydrogen-bond acceptors (Lipinski definition) is 5. The third-order valence-corrected chi connectivity index (χ3v) is 5.61. The molecule has 2 aliphatic rings. The zero-order chi connectivity index (χ0) is 19.1. The number of aromatic nitrogens is 5. The van der Waals surface area contributed by atoms with Gasteiger partial charge >= 0.3 is 0 Å². The number of nitrogens with one attached hydrogen (secondary N) is 1. The van der Waals surface area contributed by atoms with Crippen molar-refractivity contribution in [1.29, 1.82) is 0 Å². The number of nitrogens with zero attached hydrogens (tertiary/aromatic N) is 5. The van der Waals surface area contributed by atoms with E-state index in [1.807, 2.05) is 6.08 Å². The van der Waals surface area contributed by atoms with Crippen molar-refractivity contribution in [3.8, 4) is 0 Å². The second-order valence-corrected chi connectivity index (χ2v) is 7.55. The Kier molecular flexibility index (Phi) is 4.07. The van der Waals surface area contributed by atoms with Crippen molar-refractivity contribution in [2.75, 3.05) is 11.9 Å². The van der Waals surface area contributed by atoms with Gasteiger partial charge in [0.1, 0.15) is 12.0 Å². The summed E-state index contributed by atoms with van der Waals surface area (Å²) in [4.78, 5) is 12.8. The highest BCUT2D eigenvalue weighted by atomic mass is 19.1. The summed E-state index contributed by atoms with van der Waals surface area (Å²) < 4.78 is 30.5. The van der Waals surface area contributed by atoms with Gasteiger partial charge in [0.05, 0.1) is 12.2 Å². The number of rotatable bonds is 4. The Morgan fingerprint density at radius 2 is 2.04 bits per heavy atom. The van der Waals surface area contributed by atoms with Gasteiger partial charge in [-0.3, -0.25) is 0 Å². The van der Waals surface area contributed by atoms with Gasteiger partial charge in [-0.15, -0.1) is 0 Å². The smallest absolute Gasteiger partial charge is 0.223 e. The van der Waals surface area contributed by atoms with Crippen LogP contribution in [-0.2, 0) is 6.42 Å². The van der Waals surface area contributed by atoms with Crippen LogP contribution in [0.25, 0.3) is 11.2 Å². The summed E-state index contributed by atoms with van der Waals surface area (Å²) in [5.74, 6) is 0.0122. The largest absolute Gasteiger partial charge is 0.351 e. The molecule has 0 aliphatic heterocycles. The van der Waals surface area contributed by atoms with Crippen molar-refractivity contribution in [2.45, 2.75) is 44.2 Å². The Balaban J connectivity index is 1.37. The van der Waals surface area contributed by atoms with Crippen LogP contribution in [0.15, 0.2) is 30.9 Å². The first kappa shape index (κ1) is 17.2. The number of fused-ring (bicyclic) bond motifs is 2. The molecular formula is C20H20F2N6. The van der Waals surface area contributed by atoms with E-state index < -0.39 is 11.5 Å². The molecule has 3 heterocycles. The Hall–Kier alpha value is -2.90. The van der Waals surface area contributed by atoms with Crippen LogP contribution in [0.5, 0.6) is 0 Å². The second kappa shape index (κ2) is 6.61. The maximum Gasteiger partial charge on any atom is 0.223 e. The topological polar surface area (TPSA) is 68.0 Å². The fraction of sp³-hybridized carbons (Fsp3) is 0.400. The summed E-state index contributed by atoms with van der Waals surface area (Å²) in [5.41, 5.74) is 2.30. The van der Waals surface area contributed by atoms with Crippen LogP contribution in [0.3, 0.4) is 0 Å². The number of hydrogen-bond donors (Lipinski definition) is 1. The van der Waals surface area contributed by atoms with Crippen molar-refractivity contribution in [1.82, 2.24) is 24.6 Å². The van der Waals surface area contributed by atoms with Gasteiger partial charge < -0.3 is 5.32 Å². The highest BCUT2D eigenvalue weighted by molar-refractivity contribution is 5.83. The third-order valence-electron chi connectivity index (χ3n) is 5.61. The maximum absolute atomic E-state index is 14.8. The summed E-state index contributed by atoms with van der Waals surface area (Å²) in [6, 6.07) is 1.45. The van der Waals surface area contributed by atoms with Crippen molar-refractivity contribution in [2.24, 2.45) is 0 Å². The van der Waals surface area contributed by atoms with Gasteiger partial charge in [0.15, 0.2) is 11.5 Å². The third kappa shape index (κ3) is 3.02. The van der Waals surface area contributed by atoms with Crippen LogP contribution in [0, 0.1) is 5.82 Å². The molecule has 0 unspecified atom stereocenters. The van der Waals surface area contributed by atoms with E-state index in [9.17, 15) is 8.78 Å². The van der Waals surface area contributed by atoms with E-state index in [0.717, 1.165) is 36.1 Å². The predicted octanol–water partition coefficient (Wildman–Crippen LogP) is 3.73. The molecule has 3 aromatic heterocycles. The quantitative estimate of drug-likeness (QED) is 0.745. The Morgan fingerprint density at radius 3 is 2.89 bits per heavy atom. The lowest BCUT2D eigenvalue weighted by atomic mass is 9.86. The minimum absolute atomic E-state index is 0.196. The highest BCUT2D eigenvalue weighted by Gasteiger charge is 2.31. The molecule has 5 rings (SSSR count). The lowest BCUT2D eigenvalue weighted by Crippen LogP contribution is -2.34. The Labute approximate surface area is 160 Å². The first-order valence-corrected chi connectivity index (χ1v) is 9.60. The molecule has 1 N–H and O–H groups in total. The Bertz CT molecular complexity index is 1070. The molecule has 28 heavy (non-hydrogen) atoms. The van der Waals surface area contributed by atoms with E-state index in [2.05, 4.69) is 25.4 Å². The van der Waals surface area contributed by atoms with Gasteiger partial charge in [-0.2, -0.15) is 5.10 Å². The van der Waals surface area contributed by atoms with E-state index in [0.29, 0.717) is 30.8 Å². The number of allylic oxidation sites excluding steroid dienone is 1. The van der Waals surface area contributed by atoms with E-state index in [1.165, 1.54) is 16.9 Å². The van der Waals surface area contributed by atoms with Crippen LogP contribution >= 0.6 is 0 Å². The summed E-state index contributed by atoms with van der Waals surface area (Å²) in [6.45, 7) is 0.236. The molecule has 1 saturated carbocycles. The first-order chi connectivity index (χ1) is 13.6. The van der Waals surface area contributed by atoms with E-state index in [4.69, 9.17) is 0 Å². The molecule has 0 bridgehead atoms. The van der Waals surface area contributed by atoms with Crippen LogP contribution in [-0.4, -0.2) is 36.8 Å². The number of halogens is 2. The van der Waals surface area contributed by atoms with Gasteiger partial charge in [-0.25, -0.2) is 28.2 Å². The summed E-state index contributed by atoms with van der Waals surface area (Å²) in [5, 5.41) is 7.08. The molecule has 6 nitrogen and oxygen atoms in total. The lowest BCUT2D eigenvalue weighted by molar-refractivity contribution is 0.122. The van der Waals surface area contributed by atoms with Crippen LogP contribution in [0.2, 0.25) is 0 Å². The molecule has 0 aromatic carbocycles. The highest BCUT2D eigenvalue weighted by Crippen LogP contribution is 2.34. The van der Waals surface area contributed by atoms with E-state index >= 15 is 0 Å². The monoisotopic (exact) mass is 382 g/mol. The fourth-order valence-electron chi connectivity index (χ4n) is 4.10. The Morgan fingerprint density at radius 1 is 1.18 bits per heavy atom. The molecule has 0 spiro atoms. The van der Waals surface area contributed by atoms with Crippen LogP contribution < -0.4 is 5.32 Å². The molecule has 0 radical (unpaired) electrons. The summed E-state index contributed by atoms with van der Waals surface area (Å²) >= 11 is 0. The molecule has 3 aromatic rings. The maximum atomic E-state index is 14.8. The standard InChI is InChI=1S/C20H20F2N6/c21-16-8-13(10-28-18(16)25-12-26-28)14-4-5-17-15(14)9-23-19(27-17)24-11-20(22)6-2-1-3-7-20/h4,8-10,12H,1-3,5-7,11H2,(H,23,24,27). The minimum atomic E-state index is -1.17. The van der Waals surface area contributed by atoms with Gasteiger partial charge in [-0.05, 0) is 24.5 Å². The summed E-state index contributed by atoms with van der Waals surface area (Å²) in [6.07, 6.45) is 11.6. The first-order valence-electron chi connectivity index (χ1n) is 9.60. The van der Waals surface area contributed by atoms with Crippen molar-refractivity contribution in [3.63, 3.8) is 0 Å². The van der Waals surface area contributed by atoms with E-state index in [-0.39, 0.29) is 12.2 Å². The normalized spacial score (nSPS) is 18.1. The minimum Gasteiger partial charge on any atom is -0.351 e. The molecule has 2 aliphatic carbocycles. The number of alkyl halides is 1. The van der Waals surface area contributed by atoms with Gasteiger partial charge in [0.2, 0.25) is 5.95 Å². The molecular weight excluding hydrogens is 362 g/mol. The molecule has 8 heteroatoms. The summed E-state index contributed by atoms with van der Waals surface area (Å²) in [7, 11) is 0. The molecule has 0 saturated heterocycles. The number of anilines is 1. The average molecular weight is 382 g/mol. The van der Waals surface area contributed by atoms with Gasteiger partial charge in [0, 0.05) is 29.9 Å². The average Bonchev–Trinajstić information content (AvgIpc) is 3.33. The number of pyridine rings is 1. The molecule has 1 fully saturated rings. The van der Waals surface area contributed by atoms with Crippen molar-refractivity contribution >= 4 is 17.2 Å². The van der Waals surface area contributed by atoms with Gasteiger partial charge in [0.25, 0.3) is 0 Å². The van der Waals surface area contributed by atoms with Crippen molar-refractivity contribution < 1.29 is 8.78 Å².